The monoisotopic (exact) mass is 391 g/mol. The molecule has 3 N–H and O–H groups in total. The van der Waals surface area contributed by atoms with Crippen LogP contribution in [0.15, 0.2) is 34.9 Å². The number of H-pyrrole nitrogens is 1. The number of morpholine rings is 1. The largest absolute Gasteiger partial charge is 0.490 e. The lowest BCUT2D eigenvalue weighted by atomic mass is 10.1. The summed E-state index contributed by atoms with van der Waals surface area (Å²) in [6.45, 7) is 3.00. The molecule has 27 heavy (non-hydrogen) atoms. The zero-order chi connectivity index (χ0) is 19.2. The van der Waals surface area contributed by atoms with E-state index in [1.54, 1.807) is 12.1 Å². The summed E-state index contributed by atoms with van der Waals surface area (Å²) >= 11 is 0. The van der Waals surface area contributed by atoms with Crippen molar-refractivity contribution in [1.82, 2.24) is 9.29 Å². The van der Waals surface area contributed by atoms with Crippen molar-refractivity contribution in [2.45, 2.75) is 24.3 Å². The van der Waals surface area contributed by atoms with E-state index in [1.807, 2.05) is 19.1 Å². The van der Waals surface area contributed by atoms with E-state index in [0.29, 0.717) is 24.1 Å². The van der Waals surface area contributed by atoms with Gasteiger partial charge in [0.05, 0.1) is 19.0 Å². The molecule has 1 amide bonds. The van der Waals surface area contributed by atoms with E-state index >= 15 is 0 Å². The molecule has 144 valence electrons. The van der Waals surface area contributed by atoms with Crippen LogP contribution in [-0.4, -0.2) is 49.9 Å². The number of aromatic nitrogens is 1. The fourth-order valence-electron chi connectivity index (χ4n) is 3.54. The van der Waals surface area contributed by atoms with Crippen molar-refractivity contribution in [3.05, 3.63) is 41.3 Å². The molecule has 1 aromatic heterocycles. The Morgan fingerprint density at radius 3 is 2.67 bits per heavy atom. The highest BCUT2D eigenvalue weighted by Gasteiger charge is 2.34. The summed E-state index contributed by atoms with van der Waals surface area (Å²) in [6.07, 6.45) is 2.54. The third-order valence-electron chi connectivity index (χ3n) is 4.91. The van der Waals surface area contributed by atoms with Crippen molar-refractivity contribution in [3.8, 4) is 0 Å². The first-order valence-electron chi connectivity index (χ1n) is 8.74. The maximum atomic E-state index is 13.3. The molecule has 2 aromatic rings. The normalized spacial score (nSPS) is 21.2. The van der Waals surface area contributed by atoms with Crippen LogP contribution < -0.4 is 5.73 Å². The molecule has 2 aliphatic rings. The van der Waals surface area contributed by atoms with Crippen LogP contribution in [-0.2, 0) is 19.5 Å². The summed E-state index contributed by atoms with van der Waals surface area (Å²) in [5, 5.41) is 0.445. The number of aromatic amines is 1. The van der Waals surface area contributed by atoms with Crippen LogP contribution in [0.25, 0.3) is 10.9 Å². The van der Waals surface area contributed by atoms with Crippen molar-refractivity contribution in [2.24, 2.45) is 5.73 Å². The van der Waals surface area contributed by atoms with Crippen molar-refractivity contribution >= 4 is 26.8 Å². The fourth-order valence-corrected chi connectivity index (χ4v) is 5.28. The number of nitrogens with two attached hydrogens (primary N) is 1. The van der Waals surface area contributed by atoms with Gasteiger partial charge in [0.1, 0.15) is 16.7 Å². The molecule has 9 heteroatoms. The number of amides is 1. The third kappa shape index (κ3) is 3.11. The lowest BCUT2D eigenvalue weighted by Gasteiger charge is -2.26. The Morgan fingerprint density at radius 2 is 2.04 bits per heavy atom. The SMILES string of the molecule is CC1=CCC(c2ccc3[nH]c(C(N)=O)c(S(=O)(=O)N4CCOCC4)c3c2)O1. The number of hydrogen-bond donors (Lipinski definition) is 2. The average molecular weight is 391 g/mol. The number of nitrogens with zero attached hydrogens (tertiary/aromatic N) is 1. The summed E-state index contributed by atoms with van der Waals surface area (Å²) in [5.41, 5.74) is 6.77. The highest BCUT2D eigenvalue weighted by atomic mass is 32.2. The van der Waals surface area contributed by atoms with Gasteiger partial charge in [-0.2, -0.15) is 4.31 Å². The van der Waals surface area contributed by atoms with Crippen molar-refractivity contribution in [1.29, 1.82) is 0 Å². The molecular formula is C18H21N3O5S. The lowest BCUT2D eigenvalue weighted by Crippen LogP contribution is -2.41. The number of ether oxygens (including phenoxy) is 2. The molecule has 8 nitrogen and oxygen atoms in total. The Morgan fingerprint density at radius 1 is 1.30 bits per heavy atom. The predicted molar refractivity (Wildman–Crippen MR) is 98.6 cm³/mol. The zero-order valence-corrected chi connectivity index (χ0v) is 15.7. The second-order valence-corrected chi connectivity index (χ2v) is 8.55. The number of benzene rings is 1. The number of nitrogens with one attached hydrogen (secondary N) is 1. The summed E-state index contributed by atoms with van der Waals surface area (Å²) in [4.78, 5) is 14.8. The molecule has 3 heterocycles. The number of primary amides is 1. The minimum atomic E-state index is -3.90. The summed E-state index contributed by atoms with van der Waals surface area (Å²) in [5.74, 6) is 0.0300. The quantitative estimate of drug-likeness (QED) is 0.822. The van der Waals surface area contributed by atoms with Crippen LogP contribution in [0.5, 0.6) is 0 Å². The van der Waals surface area contributed by atoms with E-state index in [1.165, 1.54) is 4.31 Å². The summed E-state index contributed by atoms with van der Waals surface area (Å²) in [6, 6.07) is 5.39. The number of carbonyl (C=O) groups excluding carboxylic acids is 1. The fraction of sp³-hybridized carbons (Fsp3) is 0.389. The van der Waals surface area contributed by atoms with E-state index in [9.17, 15) is 13.2 Å². The van der Waals surface area contributed by atoms with Crippen molar-refractivity contribution in [2.75, 3.05) is 26.3 Å². The van der Waals surface area contributed by atoms with Gasteiger partial charge in [0.2, 0.25) is 10.0 Å². The van der Waals surface area contributed by atoms with Crippen LogP contribution in [0.3, 0.4) is 0 Å². The van der Waals surface area contributed by atoms with Crippen molar-refractivity contribution < 1.29 is 22.7 Å². The van der Waals surface area contributed by atoms with E-state index in [-0.39, 0.29) is 29.8 Å². The molecule has 2 aliphatic heterocycles. The van der Waals surface area contributed by atoms with Gasteiger partial charge < -0.3 is 20.2 Å². The maximum Gasteiger partial charge on any atom is 0.266 e. The third-order valence-corrected chi connectivity index (χ3v) is 6.89. The Kier molecular flexibility index (Phi) is 4.45. The lowest BCUT2D eigenvalue weighted by molar-refractivity contribution is 0.0730. The van der Waals surface area contributed by atoms with Gasteiger partial charge >= 0.3 is 0 Å². The van der Waals surface area contributed by atoms with E-state index in [2.05, 4.69) is 4.98 Å². The summed E-state index contributed by atoms with van der Waals surface area (Å²) < 4.78 is 38.9. The molecule has 1 saturated heterocycles. The second kappa shape index (κ2) is 6.66. The van der Waals surface area contributed by atoms with Crippen LogP contribution in [0, 0.1) is 0 Å². The first-order chi connectivity index (χ1) is 12.9. The molecule has 0 radical (unpaired) electrons. The van der Waals surface area contributed by atoms with Crippen LogP contribution in [0.1, 0.15) is 35.5 Å². The second-order valence-electron chi connectivity index (χ2n) is 6.67. The first-order valence-corrected chi connectivity index (χ1v) is 10.2. The topological polar surface area (TPSA) is 115 Å². The van der Waals surface area contributed by atoms with E-state index < -0.39 is 15.9 Å². The standard InChI is InChI=1S/C18H21N3O5S/c1-11-2-5-15(26-11)12-3-4-14-13(10-12)17(16(20-14)18(19)22)27(23,24)21-6-8-25-9-7-21/h2-4,10,15,20H,5-9H2,1H3,(H2,19,22). The van der Waals surface area contributed by atoms with Gasteiger partial charge in [-0.15, -0.1) is 0 Å². The molecule has 0 aliphatic carbocycles. The van der Waals surface area contributed by atoms with E-state index in [4.69, 9.17) is 15.2 Å². The molecule has 1 fully saturated rings. The number of allylic oxidation sites excluding steroid dienone is 1. The molecule has 1 atom stereocenters. The Hall–Kier alpha value is -2.36. The first kappa shape index (κ1) is 18.0. The van der Waals surface area contributed by atoms with Crippen LogP contribution in [0.2, 0.25) is 0 Å². The van der Waals surface area contributed by atoms with Gasteiger partial charge in [0.25, 0.3) is 5.91 Å². The Balaban J connectivity index is 1.86. The molecular weight excluding hydrogens is 370 g/mol. The van der Waals surface area contributed by atoms with Gasteiger partial charge in [0, 0.05) is 30.4 Å². The molecule has 4 rings (SSSR count). The Labute approximate surface area is 157 Å². The van der Waals surface area contributed by atoms with Crippen LogP contribution >= 0.6 is 0 Å². The van der Waals surface area contributed by atoms with E-state index in [0.717, 1.165) is 17.7 Å². The smallest absolute Gasteiger partial charge is 0.266 e. The van der Waals surface area contributed by atoms with Gasteiger partial charge in [-0.1, -0.05) is 6.07 Å². The molecule has 1 unspecified atom stereocenters. The molecule has 0 spiro atoms. The minimum absolute atomic E-state index is 0.0728. The summed E-state index contributed by atoms with van der Waals surface area (Å²) in [7, 11) is -3.90. The minimum Gasteiger partial charge on any atom is -0.490 e. The highest BCUT2D eigenvalue weighted by molar-refractivity contribution is 7.89. The number of carbonyl (C=O) groups is 1. The molecule has 0 saturated carbocycles. The molecule has 0 bridgehead atoms. The predicted octanol–water partition coefficient (Wildman–Crippen LogP) is 1.65. The Bertz CT molecular complexity index is 1030. The number of fused-ring (bicyclic) bond motifs is 1. The maximum absolute atomic E-state index is 13.3. The van der Waals surface area contributed by atoms with Gasteiger partial charge in [-0.05, 0) is 30.7 Å². The van der Waals surface area contributed by atoms with Gasteiger partial charge in [-0.25, -0.2) is 8.42 Å². The van der Waals surface area contributed by atoms with Crippen LogP contribution in [0.4, 0.5) is 0 Å². The average Bonchev–Trinajstić information content (AvgIpc) is 3.25. The van der Waals surface area contributed by atoms with Crippen molar-refractivity contribution in [3.63, 3.8) is 0 Å². The molecule has 1 aromatic carbocycles. The highest BCUT2D eigenvalue weighted by Crippen LogP contribution is 2.35. The van der Waals surface area contributed by atoms with Gasteiger partial charge in [-0.3, -0.25) is 4.79 Å². The number of rotatable bonds is 4. The van der Waals surface area contributed by atoms with Gasteiger partial charge in [0.15, 0.2) is 0 Å². The number of hydrogen-bond acceptors (Lipinski definition) is 5. The zero-order valence-electron chi connectivity index (χ0n) is 14.9. The number of sulfonamides is 1.